The van der Waals surface area contributed by atoms with Gasteiger partial charge >= 0.3 is 0 Å². The van der Waals surface area contributed by atoms with Gasteiger partial charge in [-0.1, -0.05) is 194 Å². The van der Waals surface area contributed by atoms with E-state index in [1.165, 1.54) is 103 Å². The fourth-order valence-corrected chi connectivity index (χ4v) is 23.0. The number of thiophene rings is 4. The summed E-state index contributed by atoms with van der Waals surface area (Å²) in [5, 5.41) is 9.86. The van der Waals surface area contributed by atoms with Crippen LogP contribution in [0.5, 0.6) is 11.5 Å². The first kappa shape index (κ1) is 60.6. The van der Waals surface area contributed by atoms with Crippen LogP contribution in [0.4, 0.5) is 85.3 Å². The molecule has 16 aromatic carbocycles. The van der Waals surface area contributed by atoms with Crippen molar-refractivity contribution in [2.24, 2.45) is 0 Å². The van der Waals surface area contributed by atoms with Crippen LogP contribution in [0.15, 0.2) is 346 Å². The van der Waals surface area contributed by atoms with Crippen LogP contribution in [0.1, 0.15) is 0 Å². The molecular weight excluding hydrogens is 1390 g/mol. The van der Waals surface area contributed by atoms with E-state index in [-0.39, 0.29) is 13.4 Å². The number of hydrogen-bond donors (Lipinski definition) is 0. The number of hydrogen-bond acceptors (Lipinski definition) is 10. The lowest BCUT2D eigenvalue weighted by Crippen LogP contribution is -2.64. The molecule has 6 nitrogen and oxygen atoms in total. The first-order valence-electron chi connectivity index (χ1n) is 36.8. The molecule has 0 N–H and O–H groups in total. The van der Waals surface area contributed by atoms with E-state index in [2.05, 4.69) is 370 Å². The van der Waals surface area contributed by atoms with Crippen LogP contribution in [0.25, 0.3) is 80.7 Å². The van der Waals surface area contributed by atoms with E-state index in [4.69, 9.17) is 4.74 Å². The lowest BCUT2D eigenvalue weighted by Gasteiger charge is -2.47. The van der Waals surface area contributed by atoms with E-state index >= 15 is 0 Å². The number of anilines is 15. The Kier molecular flexibility index (Phi) is 13.1. The van der Waals surface area contributed by atoms with Gasteiger partial charge in [-0.15, -0.1) is 45.3 Å². The summed E-state index contributed by atoms with van der Waals surface area (Å²) in [5.41, 5.74) is 23.6. The number of benzene rings is 16. The number of rotatable bonds is 9. The monoisotopic (exact) mass is 1450 g/mol. The van der Waals surface area contributed by atoms with Gasteiger partial charge in [-0.05, 0) is 178 Å². The minimum Gasteiger partial charge on any atom is -0.458 e. The molecular formula is C96H57B2N5OS4. The van der Waals surface area contributed by atoms with Crippen molar-refractivity contribution in [3.8, 4) is 11.5 Å². The minimum absolute atomic E-state index is 0.252. The molecule has 0 bridgehead atoms. The minimum atomic E-state index is -0.260. The molecule has 24 rings (SSSR count). The molecule has 4 aromatic heterocycles. The van der Waals surface area contributed by atoms with E-state index in [0.29, 0.717) is 0 Å². The Bertz CT molecular complexity index is 7160. The summed E-state index contributed by atoms with van der Waals surface area (Å²) in [6.45, 7) is -0.511. The van der Waals surface area contributed by atoms with Gasteiger partial charge in [0.05, 0.1) is 34.1 Å². The van der Waals surface area contributed by atoms with Crippen LogP contribution in [0, 0.1) is 0 Å². The zero-order chi connectivity index (χ0) is 70.4. The Hall–Kier alpha value is -12.7. The molecule has 108 heavy (non-hydrogen) atoms. The predicted octanol–water partition coefficient (Wildman–Crippen LogP) is 24.6. The Morgan fingerprint density at radius 1 is 0.222 bits per heavy atom. The Labute approximate surface area is 639 Å². The maximum atomic E-state index is 7.62. The van der Waals surface area contributed by atoms with E-state index in [1.54, 1.807) is 0 Å². The predicted molar refractivity (Wildman–Crippen MR) is 467 cm³/mol. The van der Waals surface area contributed by atoms with Crippen LogP contribution in [-0.2, 0) is 0 Å². The maximum absolute atomic E-state index is 7.62. The van der Waals surface area contributed by atoms with E-state index in [9.17, 15) is 0 Å². The van der Waals surface area contributed by atoms with Crippen molar-refractivity contribution in [3.05, 3.63) is 346 Å². The van der Waals surface area contributed by atoms with Crippen molar-refractivity contribution < 1.29 is 4.74 Å². The van der Waals surface area contributed by atoms with Gasteiger partial charge in [-0.3, -0.25) is 0 Å². The molecule has 4 aliphatic rings. The second-order valence-electron chi connectivity index (χ2n) is 28.5. The molecule has 0 saturated heterocycles. The van der Waals surface area contributed by atoms with Crippen LogP contribution in [0.3, 0.4) is 0 Å². The van der Waals surface area contributed by atoms with Crippen LogP contribution < -0.4 is 62.0 Å². The average molecular weight is 1450 g/mol. The lowest BCUT2D eigenvalue weighted by molar-refractivity contribution is 0.487. The van der Waals surface area contributed by atoms with Gasteiger partial charge in [0.25, 0.3) is 13.4 Å². The molecule has 0 unspecified atom stereocenters. The van der Waals surface area contributed by atoms with Crippen LogP contribution in [0.2, 0.25) is 0 Å². The maximum Gasteiger partial charge on any atom is 0.256 e. The third-order valence-corrected chi connectivity index (χ3v) is 27.3. The second-order valence-corrected chi connectivity index (χ2v) is 32.8. The highest BCUT2D eigenvalue weighted by Gasteiger charge is 2.49. The Balaban J connectivity index is 0.854. The number of ether oxygens (including phenoxy) is 1. The third kappa shape index (κ3) is 8.76. The molecule has 0 fully saturated rings. The molecule has 20 aromatic rings. The highest BCUT2D eigenvalue weighted by Crippen LogP contribution is 2.57. The topological polar surface area (TPSA) is 25.4 Å². The molecule has 4 aliphatic heterocycles. The summed E-state index contributed by atoms with van der Waals surface area (Å²) in [6.07, 6.45) is 0. The molecule has 0 atom stereocenters. The van der Waals surface area contributed by atoms with Gasteiger partial charge in [0.15, 0.2) is 0 Å². The standard InChI is InChI=1S/C96H57B2N5OS4/c1-4-26-58(27-5-1)99(59-28-6-2-7-29-59)61-52-78-95-79(53-61)102(74-41-24-50-89-93(74)65-34-12-20-46-85(65)107-89)76-57-77-70(56-69(76)97(95)67-36-14-16-38-71(67)101(78)73-40-23-49-88-92(73)64-33-11-19-45-84(64)106-88)98-68-37-15-17-43-81(68)104-82-55-62(54-80(96(82)98)103(77)75-42-25-51-90-94(75)66-35-13-21-47-86(66)108-90)100(60-30-8-3-9-31-60)72-39-22-48-87-91(72)63-32-10-18-44-83(63)105-87/h1-57H. The summed E-state index contributed by atoms with van der Waals surface area (Å²) < 4.78 is 17.6. The van der Waals surface area contributed by atoms with Crippen molar-refractivity contribution in [1.29, 1.82) is 0 Å². The molecule has 0 spiro atoms. The van der Waals surface area contributed by atoms with Crippen molar-refractivity contribution in [2.75, 3.05) is 24.5 Å². The Morgan fingerprint density at radius 3 is 1.09 bits per heavy atom. The highest BCUT2D eigenvalue weighted by atomic mass is 32.1. The van der Waals surface area contributed by atoms with Gasteiger partial charge in [-0.25, -0.2) is 0 Å². The summed E-state index contributed by atoms with van der Waals surface area (Å²) in [6, 6.07) is 130. The van der Waals surface area contributed by atoms with Crippen molar-refractivity contribution in [3.63, 3.8) is 0 Å². The largest absolute Gasteiger partial charge is 0.458 e. The number of nitrogens with zero attached hydrogens (tertiary/aromatic N) is 5. The number of para-hydroxylation sites is 5. The van der Waals surface area contributed by atoms with Gasteiger partial charge in [0, 0.05) is 138 Å². The van der Waals surface area contributed by atoms with Crippen LogP contribution >= 0.6 is 45.3 Å². The fraction of sp³-hybridized carbons (Fsp3) is 0. The quantitative estimate of drug-likeness (QED) is 0.134. The zero-order valence-corrected chi connectivity index (χ0v) is 61.1. The van der Waals surface area contributed by atoms with Crippen molar-refractivity contribution in [2.45, 2.75) is 0 Å². The van der Waals surface area contributed by atoms with Gasteiger partial charge in [0.1, 0.15) is 11.5 Å². The summed E-state index contributed by atoms with van der Waals surface area (Å²) in [7, 11) is 0. The second kappa shape index (κ2) is 23.4. The van der Waals surface area contributed by atoms with E-state index in [1.807, 2.05) is 45.3 Å². The average Bonchev–Trinajstić information content (AvgIpc) is 0.714. The van der Waals surface area contributed by atoms with Gasteiger partial charge in [0.2, 0.25) is 0 Å². The fourth-order valence-electron chi connectivity index (χ4n) is 18.5. The molecule has 8 heterocycles. The van der Waals surface area contributed by atoms with Gasteiger partial charge in [-0.2, -0.15) is 0 Å². The molecule has 0 amide bonds. The summed E-state index contributed by atoms with van der Waals surface area (Å²) in [4.78, 5) is 12.9. The first-order chi connectivity index (χ1) is 53.6. The molecule has 0 aliphatic carbocycles. The summed E-state index contributed by atoms with van der Waals surface area (Å²) in [5.74, 6) is 1.68. The van der Waals surface area contributed by atoms with Gasteiger partial charge < -0.3 is 29.2 Å². The van der Waals surface area contributed by atoms with Crippen molar-refractivity contribution >= 4 is 258 Å². The Morgan fingerprint density at radius 2 is 0.583 bits per heavy atom. The SMILES string of the molecule is c1ccc(N(c2ccccc2)c2cc3c4c(c2)N(c2cccc5sc6ccccc6c25)c2cc5c(cc2B4c2ccccc2N3c2cccc3sc4ccccc4c23)B2c3ccccc3Oc3cc(N(c4ccccc4)c4cccc6sc7ccccc7c46)cc(c32)N5c2cccc3sc4ccccc4c23)cc1. The van der Waals surface area contributed by atoms with E-state index in [0.717, 1.165) is 108 Å². The van der Waals surface area contributed by atoms with Crippen LogP contribution in [-0.4, -0.2) is 13.4 Å². The zero-order valence-electron chi connectivity index (χ0n) is 57.8. The molecule has 502 valence electrons. The number of fused-ring (bicyclic) bond motifs is 20. The van der Waals surface area contributed by atoms with E-state index < -0.39 is 0 Å². The highest BCUT2D eigenvalue weighted by molar-refractivity contribution is 7.27. The smallest absolute Gasteiger partial charge is 0.256 e. The third-order valence-electron chi connectivity index (χ3n) is 22.8. The lowest BCUT2D eigenvalue weighted by atomic mass is 9.30. The molecule has 0 radical (unpaired) electrons. The molecule has 12 heteroatoms. The normalized spacial score (nSPS) is 13.2. The first-order valence-corrected chi connectivity index (χ1v) is 40.0. The van der Waals surface area contributed by atoms with Crippen molar-refractivity contribution in [1.82, 2.24) is 0 Å². The molecule has 0 saturated carbocycles. The summed E-state index contributed by atoms with van der Waals surface area (Å²) >= 11 is 7.46.